The predicted molar refractivity (Wildman–Crippen MR) is 170 cm³/mol. The van der Waals surface area contributed by atoms with Crippen molar-refractivity contribution in [2.45, 2.75) is 59.6 Å². The number of hydrogen-bond acceptors (Lipinski definition) is 7. The zero-order chi connectivity index (χ0) is 31.1. The summed E-state index contributed by atoms with van der Waals surface area (Å²) in [6.07, 6.45) is 6.26. The number of nitrogens with zero attached hydrogens (tertiary/aromatic N) is 4. The molecule has 2 aliphatic rings. The van der Waals surface area contributed by atoms with E-state index < -0.39 is 5.97 Å². The molecule has 0 spiro atoms. The summed E-state index contributed by atoms with van der Waals surface area (Å²) in [6, 6.07) is 15.9. The number of rotatable bonds is 8. The third-order valence-electron chi connectivity index (χ3n) is 8.12. The Morgan fingerprint density at radius 1 is 1.02 bits per heavy atom. The monoisotopic (exact) mass is 598 g/mol. The van der Waals surface area contributed by atoms with Crippen molar-refractivity contribution in [3.05, 3.63) is 88.1 Å². The molecule has 2 aliphatic heterocycles. The Kier molecular flexibility index (Phi) is 10.3. The summed E-state index contributed by atoms with van der Waals surface area (Å²) in [5, 5.41) is 13.8. The quantitative estimate of drug-likeness (QED) is 0.249. The van der Waals surface area contributed by atoms with Gasteiger partial charge in [-0.25, -0.2) is 9.78 Å². The topological polar surface area (TPSA) is 98.9 Å². The van der Waals surface area contributed by atoms with Crippen molar-refractivity contribution in [3.63, 3.8) is 0 Å². The van der Waals surface area contributed by atoms with Crippen LogP contribution in [0.3, 0.4) is 0 Å². The highest BCUT2D eigenvalue weighted by Gasteiger charge is 2.21. The zero-order valence-corrected chi connectivity index (χ0v) is 26.1. The van der Waals surface area contributed by atoms with Crippen LogP contribution in [0.5, 0.6) is 11.6 Å². The maximum atomic E-state index is 11.6. The van der Waals surface area contributed by atoms with E-state index in [4.69, 9.17) is 19.2 Å². The summed E-state index contributed by atoms with van der Waals surface area (Å²) in [4.78, 5) is 18.8. The van der Waals surface area contributed by atoms with Gasteiger partial charge in [0.1, 0.15) is 17.9 Å². The summed E-state index contributed by atoms with van der Waals surface area (Å²) in [5.41, 5.74) is 7.88. The van der Waals surface area contributed by atoms with Gasteiger partial charge < -0.3 is 24.2 Å². The molecule has 2 aromatic heterocycles. The molecule has 4 aromatic rings. The summed E-state index contributed by atoms with van der Waals surface area (Å²) >= 11 is 0. The molecule has 2 aromatic carbocycles. The van der Waals surface area contributed by atoms with Gasteiger partial charge in [0.15, 0.2) is 5.82 Å². The van der Waals surface area contributed by atoms with Gasteiger partial charge in [-0.1, -0.05) is 30.3 Å². The lowest BCUT2D eigenvalue weighted by Gasteiger charge is -2.27. The number of pyridine rings is 1. The molecule has 0 radical (unpaired) electrons. The number of benzene rings is 2. The molecule has 0 aliphatic carbocycles. The molecule has 0 saturated carbocycles. The molecule has 1 N–H and O–H groups in total. The third-order valence-corrected chi connectivity index (χ3v) is 8.12. The van der Waals surface area contributed by atoms with Gasteiger partial charge in [-0.05, 0) is 99.5 Å². The minimum Gasteiger partial charge on any atom is -0.488 e. The Hall–Kier alpha value is -4.21. The van der Waals surface area contributed by atoms with Gasteiger partial charge in [-0.2, -0.15) is 9.78 Å². The number of aromatic nitrogens is 3. The fourth-order valence-corrected chi connectivity index (χ4v) is 5.68. The highest BCUT2D eigenvalue weighted by Crippen LogP contribution is 2.34. The molecule has 1 saturated heterocycles. The maximum absolute atomic E-state index is 11.6. The van der Waals surface area contributed by atoms with Gasteiger partial charge in [0, 0.05) is 31.9 Å². The van der Waals surface area contributed by atoms with Crippen molar-refractivity contribution < 1.29 is 24.1 Å². The molecule has 9 heteroatoms. The van der Waals surface area contributed by atoms with Gasteiger partial charge in [0.25, 0.3) is 0 Å². The first-order valence-electron chi connectivity index (χ1n) is 15.4. The average Bonchev–Trinajstić information content (AvgIpc) is 3.46. The summed E-state index contributed by atoms with van der Waals surface area (Å²) in [5.74, 6) is 0.279. The van der Waals surface area contributed by atoms with E-state index in [0.717, 1.165) is 49.6 Å². The second kappa shape index (κ2) is 14.5. The Labute approximate surface area is 259 Å². The van der Waals surface area contributed by atoms with E-state index in [1.54, 1.807) is 13.0 Å². The molecule has 0 bridgehead atoms. The predicted octanol–water partition coefficient (Wildman–Crippen LogP) is 6.40. The fraction of sp³-hybridized carbons (Fsp3) is 0.400. The number of carbonyl (C=O) groups is 1. The highest BCUT2D eigenvalue weighted by molar-refractivity contribution is 5.90. The first-order chi connectivity index (χ1) is 21.4. The number of aromatic carboxylic acids is 1. The molecular weight excluding hydrogens is 556 g/mol. The van der Waals surface area contributed by atoms with E-state index in [9.17, 15) is 9.90 Å². The maximum Gasteiger partial charge on any atom is 0.342 e. The smallest absolute Gasteiger partial charge is 0.342 e. The minimum atomic E-state index is -1.10. The van der Waals surface area contributed by atoms with Crippen LogP contribution < -0.4 is 9.47 Å². The van der Waals surface area contributed by atoms with Gasteiger partial charge in [0.05, 0.1) is 18.5 Å². The van der Waals surface area contributed by atoms with Gasteiger partial charge in [-0.15, -0.1) is 0 Å². The molecule has 0 amide bonds. The normalized spacial score (nSPS) is 14.7. The third kappa shape index (κ3) is 7.11. The van der Waals surface area contributed by atoms with Crippen LogP contribution in [0.4, 0.5) is 0 Å². The van der Waals surface area contributed by atoms with Crippen LogP contribution in [0, 0.1) is 13.8 Å². The number of fused-ring (bicyclic) bond motifs is 1. The number of hydrogen-bond donors (Lipinski definition) is 1. The van der Waals surface area contributed by atoms with Gasteiger partial charge in [-0.3, -0.25) is 0 Å². The number of carboxylic acids is 1. The summed E-state index contributed by atoms with van der Waals surface area (Å²) in [6.45, 7) is 10.8. The standard InChI is InChI=1S/C30H32N4O4.C5H10O/c1-5-37-29-25(30(35)36)16-31-34(29)27-11-7-10-26(32-27)24-9-6-8-19(2)28(24)38-18-22-13-12-21-17-33(4)15-14-23(21)20(22)3;1-2-4-6-5-3-1/h6-13,16H,5,14-15,17-18H2,1-4H3,(H,35,36);1-5H2. The van der Waals surface area contributed by atoms with Crippen LogP contribution in [0.15, 0.2) is 54.7 Å². The van der Waals surface area contributed by atoms with Crippen molar-refractivity contribution in [3.8, 4) is 28.7 Å². The first kappa shape index (κ1) is 31.2. The Morgan fingerprint density at radius 3 is 2.52 bits per heavy atom. The molecular formula is C35H42N4O5. The SMILES string of the molecule is C1CCOCC1.CCOc1c(C(=O)O)cnn1-c1cccc(-c2cccc(C)c2OCc2ccc3c(c2C)CCN(C)C3)n1. The molecule has 1 fully saturated rings. The van der Waals surface area contributed by atoms with E-state index >= 15 is 0 Å². The van der Waals surface area contributed by atoms with Crippen LogP contribution in [0.25, 0.3) is 17.1 Å². The van der Waals surface area contributed by atoms with Crippen molar-refractivity contribution in [1.82, 2.24) is 19.7 Å². The molecule has 0 unspecified atom stereocenters. The van der Waals surface area contributed by atoms with Crippen LogP contribution in [-0.2, 0) is 24.3 Å². The lowest BCUT2D eigenvalue weighted by Crippen LogP contribution is -2.27. The second-order valence-electron chi connectivity index (χ2n) is 11.3. The van der Waals surface area contributed by atoms with Crippen molar-refractivity contribution >= 4 is 5.97 Å². The van der Waals surface area contributed by atoms with E-state index in [1.807, 2.05) is 37.3 Å². The Balaban J connectivity index is 0.000000573. The minimum absolute atomic E-state index is 0.00862. The fourth-order valence-electron chi connectivity index (χ4n) is 5.68. The van der Waals surface area contributed by atoms with Crippen molar-refractivity contribution in [1.29, 1.82) is 0 Å². The van der Waals surface area contributed by atoms with E-state index in [-0.39, 0.29) is 11.4 Å². The molecule has 44 heavy (non-hydrogen) atoms. The van der Waals surface area contributed by atoms with Crippen LogP contribution >= 0.6 is 0 Å². The van der Waals surface area contributed by atoms with Gasteiger partial charge in [0.2, 0.25) is 5.88 Å². The molecule has 4 heterocycles. The number of para-hydroxylation sites is 1. The first-order valence-corrected chi connectivity index (χ1v) is 15.4. The number of aryl methyl sites for hydroxylation is 1. The second-order valence-corrected chi connectivity index (χ2v) is 11.3. The lowest BCUT2D eigenvalue weighted by molar-refractivity contribution is 0.0692. The highest BCUT2D eigenvalue weighted by atomic mass is 16.5. The van der Waals surface area contributed by atoms with Crippen LogP contribution in [-0.4, -0.2) is 64.2 Å². The summed E-state index contributed by atoms with van der Waals surface area (Å²) in [7, 11) is 2.16. The summed E-state index contributed by atoms with van der Waals surface area (Å²) < 4.78 is 18.6. The molecule has 6 rings (SSSR count). The molecule has 9 nitrogen and oxygen atoms in total. The van der Waals surface area contributed by atoms with Crippen LogP contribution in [0.2, 0.25) is 0 Å². The number of likely N-dealkylation sites (N-methyl/N-ethyl adjacent to an activating group) is 1. The largest absolute Gasteiger partial charge is 0.488 e. The molecule has 232 valence electrons. The van der Waals surface area contributed by atoms with Gasteiger partial charge >= 0.3 is 5.97 Å². The number of carboxylic acid groups (broad SMARTS) is 1. The van der Waals surface area contributed by atoms with Crippen molar-refractivity contribution in [2.75, 3.05) is 33.4 Å². The van der Waals surface area contributed by atoms with Crippen LogP contribution in [0.1, 0.15) is 64.4 Å². The van der Waals surface area contributed by atoms with E-state index in [1.165, 1.54) is 52.4 Å². The lowest BCUT2D eigenvalue weighted by atomic mass is 9.92. The van der Waals surface area contributed by atoms with E-state index in [0.29, 0.717) is 24.7 Å². The zero-order valence-electron chi connectivity index (χ0n) is 26.1. The molecule has 0 atom stereocenters. The average molecular weight is 599 g/mol. The Bertz CT molecular complexity index is 1580. The van der Waals surface area contributed by atoms with E-state index in [2.05, 4.69) is 36.1 Å². The number of ether oxygens (including phenoxy) is 3. The Morgan fingerprint density at radius 2 is 1.82 bits per heavy atom. The van der Waals surface area contributed by atoms with Crippen molar-refractivity contribution in [2.24, 2.45) is 0 Å².